The number of nitrogens with zero attached hydrogens (tertiary/aromatic N) is 4. The Labute approximate surface area is 204 Å². The lowest BCUT2D eigenvalue weighted by molar-refractivity contribution is -0.139. The molecule has 0 saturated carbocycles. The third-order valence-electron chi connectivity index (χ3n) is 7.12. The normalized spacial score (nSPS) is 22.7. The number of carbonyl (C=O) groups is 2. The summed E-state index contributed by atoms with van der Waals surface area (Å²) in [5.74, 6) is -1.64. The van der Waals surface area contributed by atoms with Crippen molar-refractivity contribution in [2.24, 2.45) is 0 Å². The van der Waals surface area contributed by atoms with E-state index in [1.165, 1.54) is 0 Å². The summed E-state index contributed by atoms with van der Waals surface area (Å²) < 4.78 is 6.52. The molecule has 2 aromatic carbocycles. The zero-order valence-electron chi connectivity index (χ0n) is 19.9. The van der Waals surface area contributed by atoms with Gasteiger partial charge in [0.25, 0.3) is 0 Å². The van der Waals surface area contributed by atoms with Crippen molar-refractivity contribution in [3.8, 4) is 0 Å². The van der Waals surface area contributed by atoms with Crippen molar-refractivity contribution in [2.45, 2.75) is 13.1 Å². The Balaban J connectivity index is 1.59. The summed E-state index contributed by atoms with van der Waals surface area (Å²) in [4.78, 5) is 31.7. The summed E-state index contributed by atoms with van der Waals surface area (Å²) in [6.45, 7) is 6.62. The number of carboxylic acid groups (broad SMARTS) is 2. The molecule has 186 valence electrons. The molecule has 3 aromatic rings. The fourth-order valence-corrected chi connectivity index (χ4v) is 5.26. The fraction of sp³-hybridized carbons (Fsp3) is 0.462. The van der Waals surface area contributed by atoms with E-state index in [-0.39, 0.29) is 13.1 Å². The molecule has 9 heteroatoms. The maximum Gasteiger partial charge on any atom is 0.317 e. The highest BCUT2D eigenvalue weighted by molar-refractivity contribution is 6.06. The standard InChI is InChI=1S/C26H32N4O5/c31-23(32)17-29-11-7-27-8-12-30(18-24(33)34)14-10-28(9-13-29)16-20-4-2-6-22-21-5-1-3-19(15-27)25(21)35-26(20)22/h1-6H,7-18H2,(H,31,32)(H,33,34). The van der Waals surface area contributed by atoms with E-state index in [9.17, 15) is 19.8 Å². The molecule has 0 amide bonds. The summed E-state index contributed by atoms with van der Waals surface area (Å²) in [6, 6.07) is 12.5. The van der Waals surface area contributed by atoms with Crippen molar-refractivity contribution in [1.29, 1.82) is 0 Å². The third kappa shape index (κ3) is 5.48. The van der Waals surface area contributed by atoms with E-state index in [0.29, 0.717) is 65.4 Å². The van der Waals surface area contributed by atoms with Crippen LogP contribution in [0, 0.1) is 0 Å². The number of aliphatic carboxylic acids is 2. The Morgan fingerprint density at radius 2 is 1.06 bits per heavy atom. The number of benzene rings is 2. The minimum Gasteiger partial charge on any atom is -0.480 e. The maximum atomic E-state index is 11.5. The van der Waals surface area contributed by atoms with Crippen LogP contribution in [0.1, 0.15) is 11.1 Å². The van der Waals surface area contributed by atoms with Gasteiger partial charge in [-0.05, 0) is 0 Å². The monoisotopic (exact) mass is 480 g/mol. The quantitative estimate of drug-likeness (QED) is 0.581. The van der Waals surface area contributed by atoms with Crippen molar-refractivity contribution in [3.05, 3.63) is 47.5 Å². The van der Waals surface area contributed by atoms with Crippen LogP contribution in [0.25, 0.3) is 21.9 Å². The first kappa shape index (κ1) is 23.7. The van der Waals surface area contributed by atoms with Crippen LogP contribution in [0.15, 0.2) is 40.8 Å². The largest absolute Gasteiger partial charge is 0.480 e. The number of para-hydroxylation sites is 2. The second-order valence-corrected chi connectivity index (χ2v) is 9.58. The van der Waals surface area contributed by atoms with Gasteiger partial charge in [-0.1, -0.05) is 36.4 Å². The van der Waals surface area contributed by atoms with E-state index in [1.54, 1.807) is 0 Å². The number of rotatable bonds is 4. The fourth-order valence-electron chi connectivity index (χ4n) is 5.26. The summed E-state index contributed by atoms with van der Waals surface area (Å²) in [5.41, 5.74) is 3.96. The van der Waals surface area contributed by atoms with Crippen molar-refractivity contribution < 1.29 is 24.2 Å². The molecule has 0 unspecified atom stereocenters. The van der Waals surface area contributed by atoms with Crippen LogP contribution >= 0.6 is 0 Å². The van der Waals surface area contributed by atoms with E-state index in [0.717, 1.165) is 33.1 Å². The maximum absolute atomic E-state index is 11.5. The Morgan fingerprint density at radius 3 is 1.43 bits per heavy atom. The molecule has 1 aromatic heterocycles. The van der Waals surface area contributed by atoms with E-state index in [4.69, 9.17) is 4.42 Å². The molecule has 4 bridgehead atoms. The lowest BCUT2D eigenvalue weighted by atomic mass is 10.1. The second kappa shape index (κ2) is 10.3. The number of furan rings is 1. The topological polar surface area (TPSA) is 101 Å². The predicted molar refractivity (Wildman–Crippen MR) is 132 cm³/mol. The molecular weight excluding hydrogens is 448 g/mol. The highest BCUT2D eigenvalue weighted by Gasteiger charge is 2.22. The average Bonchev–Trinajstić information content (AvgIpc) is 3.20. The first-order chi connectivity index (χ1) is 17.0. The Kier molecular flexibility index (Phi) is 7.01. The average molecular weight is 481 g/mol. The minimum absolute atomic E-state index is 0.0113. The lowest BCUT2D eigenvalue weighted by Gasteiger charge is -2.33. The molecule has 3 aliphatic rings. The SMILES string of the molecule is O=C(O)CN1CCN2CCN(CC(=O)O)CCN(CC1)Cc1cccc3c1oc1c(cccc13)C2. The molecule has 1 fully saturated rings. The van der Waals surface area contributed by atoms with E-state index >= 15 is 0 Å². The zero-order chi connectivity index (χ0) is 24.4. The number of hydrogen-bond donors (Lipinski definition) is 2. The Hall–Kier alpha value is -2.98. The van der Waals surface area contributed by atoms with Gasteiger partial charge in [-0.2, -0.15) is 0 Å². The van der Waals surface area contributed by atoms with Gasteiger partial charge in [0.1, 0.15) is 11.2 Å². The molecule has 6 rings (SSSR count). The van der Waals surface area contributed by atoms with Crippen molar-refractivity contribution >= 4 is 33.9 Å². The van der Waals surface area contributed by atoms with Gasteiger partial charge in [0.15, 0.2) is 0 Å². The molecule has 1 saturated heterocycles. The molecule has 35 heavy (non-hydrogen) atoms. The van der Waals surface area contributed by atoms with Crippen LogP contribution < -0.4 is 0 Å². The Morgan fingerprint density at radius 1 is 0.657 bits per heavy atom. The van der Waals surface area contributed by atoms with E-state index in [2.05, 4.69) is 46.2 Å². The van der Waals surface area contributed by atoms with Gasteiger partial charge in [-0.3, -0.25) is 29.2 Å². The second-order valence-electron chi connectivity index (χ2n) is 9.58. The van der Waals surface area contributed by atoms with Gasteiger partial charge in [-0.25, -0.2) is 0 Å². The van der Waals surface area contributed by atoms with Crippen LogP contribution in [0.5, 0.6) is 0 Å². The highest BCUT2D eigenvalue weighted by Crippen LogP contribution is 2.34. The van der Waals surface area contributed by atoms with Crippen molar-refractivity contribution in [1.82, 2.24) is 19.6 Å². The highest BCUT2D eigenvalue weighted by atomic mass is 16.4. The predicted octanol–water partition coefficient (Wildman–Crippen LogP) is 1.99. The van der Waals surface area contributed by atoms with Gasteiger partial charge in [-0.15, -0.1) is 0 Å². The number of fused-ring (bicyclic) bond motifs is 9. The summed E-state index contributed by atoms with van der Waals surface area (Å²) in [5, 5.41) is 21.2. The smallest absolute Gasteiger partial charge is 0.317 e. The van der Waals surface area contributed by atoms with Crippen LogP contribution in [-0.2, 0) is 22.7 Å². The Bertz CT molecular complexity index is 1120. The first-order valence-corrected chi connectivity index (χ1v) is 12.2. The van der Waals surface area contributed by atoms with Crippen LogP contribution in [-0.4, -0.2) is 107 Å². The third-order valence-corrected chi connectivity index (χ3v) is 7.12. The molecule has 0 aliphatic carbocycles. The summed E-state index contributed by atoms with van der Waals surface area (Å²) in [7, 11) is 0. The van der Waals surface area contributed by atoms with Gasteiger partial charge < -0.3 is 14.6 Å². The summed E-state index contributed by atoms with van der Waals surface area (Å²) in [6.07, 6.45) is 0. The van der Waals surface area contributed by atoms with Gasteiger partial charge in [0.2, 0.25) is 0 Å². The molecule has 0 spiro atoms. The van der Waals surface area contributed by atoms with Crippen LogP contribution in [0.2, 0.25) is 0 Å². The molecule has 0 atom stereocenters. The minimum atomic E-state index is -0.819. The number of carboxylic acids is 2. The van der Waals surface area contributed by atoms with Crippen LogP contribution in [0.3, 0.4) is 0 Å². The van der Waals surface area contributed by atoms with E-state index < -0.39 is 11.9 Å². The van der Waals surface area contributed by atoms with Crippen molar-refractivity contribution in [2.75, 3.05) is 65.4 Å². The molecule has 3 aliphatic heterocycles. The first-order valence-electron chi connectivity index (χ1n) is 12.2. The van der Waals surface area contributed by atoms with Gasteiger partial charge in [0.05, 0.1) is 13.1 Å². The van der Waals surface area contributed by atoms with Gasteiger partial charge >= 0.3 is 11.9 Å². The lowest BCUT2D eigenvalue weighted by Crippen LogP contribution is -2.47. The summed E-state index contributed by atoms with van der Waals surface area (Å²) >= 11 is 0. The zero-order valence-corrected chi connectivity index (χ0v) is 19.9. The molecule has 9 nitrogen and oxygen atoms in total. The van der Waals surface area contributed by atoms with E-state index in [1.807, 2.05) is 9.80 Å². The molecule has 0 radical (unpaired) electrons. The van der Waals surface area contributed by atoms with Crippen LogP contribution in [0.4, 0.5) is 0 Å². The molecular formula is C26H32N4O5. The molecule has 4 heterocycles. The number of hydrogen-bond acceptors (Lipinski definition) is 7. The van der Waals surface area contributed by atoms with Gasteiger partial charge in [0, 0.05) is 87.3 Å². The van der Waals surface area contributed by atoms with Crippen molar-refractivity contribution in [3.63, 3.8) is 0 Å². The molecule has 2 N–H and O–H groups in total.